The lowest BCUT2D eigenvalue weighted by molar-refractivity contribution is -0.0893. The van der Waals surface area contributed by atoms with Crippen molar-refractivity contribution in [2.45, 2.75) is 38.9 Å². The minimum Gasteiger partial charge on any atom is -0.457 e. The lowest BCUT2D eigenvalue weighted by atomic mass is 9.82. The first-order chi connectivity index (χ1) is 10.7. The summed E-state index contributed by atoms with van der Waals surface area (Å²) in [6.07, 6.45) is 0. The van der Waals surface area contributed by atoms with Gasteiger partial charge in [-0.1, -0.05) is 29.2 Å². The van der Waals surface area contributed by atoms with E-state index in [0.29, 0.717) is 5.02 Å². The highest BCUT2D eigenvalue weighted by Gasteiger charge is 2.35. The predicted molar refractivity (Wildman–Crippen MR) is 94.8 cm³/mol. The van der Waals surface area contributed by atoms with Crippen molar-refractivity contribution >= 4 is 24.5 Å². The smallest absolute Gasteiger partial charge is 0.330 e. The van der Waals surface area contributed by atoms with Crippen LogP contribution in [0.4, 0.5) is 0 Å². The number of aliphatic hydroxyl groups is 1. The van der Waals surface area contributed by atoms with Crippen molar-refractivity contribution in [3.63, 3.8) is 0 Å². The normalized spacial score (nSPS) is 12.1. The third kappa shape index (κ3) is 5.00. The fourth-order valence-electron chi connectivity index (χ4n) is 1.61. The molecule has 2 rings (SSSR count). The maximum absolute atomic E-state index is 10.1. The second-order valence-corrected chi connectivity index (χ2v) is 6.87. The molecule has 0 aromatic heterocycles. The molecule has 0 aliphatic rings. The Labute approximate surface area is 143 Å². The van der Waals surface area contributed by atoms with Crippen molar-refractivity contribution in [2.24, 2.45) is 0 Å². The highest BCUT2D eigenvalue weighted by atomic mass is 35.5. The number of ether oxygens (including phenoxy) is 1. The first kappa shape index (κ1) is 17.9. The van der Waals surface area contributed by atoms with Crippen LogP contribution in [0, 0.1) is 0 Å². The Hall–Kier alpha value is -1.49. The molecular weight excluding hydrogens is 310 g/mol. The van der Waals surface area contributed by atoms with Gasteiger partial charge >= 0.3 is 7.48 Å². The van der Waals surface area contributed by atoms with E-state index in [4.69, 9.17) is 21.0 Å². The summed E-state index contributed by atoms with van der Waals surface area (Å²) < 4.78 is 11.5. The summed E-state index contributed by atoms with van der Waals surface area (Å²) in [6, 6.07) is 14.7. The van der Waals surface area contributed by atoms with Gasteiger partial charge in [-0.2, -0.15) is 0 Å². The van der Waals surface area contributed by atoms with E-state index in [2.05, 4.69) is 0 Å². The van der Waals surface area contributed by atoms with E-state index in [1.54, 1.807) is 33.5 Å². The quantitative estimate of drug-likeness (QED) is 0.815. The molecule has 1 N–H and O–H groups in total. The maximum atomic E-state index is 10.1. The van der Waals surface area contributed by atoms with Crippen LogP contribution in [-0.4, -0.2) is 23.8 Å². The third-order valence-corrected chi connectivity index (χ3v) is 4.14. The van der Waals surface area contributed by atoms with Gasteiger partial charge in [0, 0.05) is 5.02 Å². The molecule has 0 saturated heterocycles. The van der Waals surface area contributed by atoms with Gasteiger partial charge in [0.2, 0.25) is 0 Å². The fourth-order valence-corrected chi connectivity index (χ4v) is 1.74. The van der Waals surface area contributed by atoms with Crippen LogP contribution < -0.4 is 10.2 Å². The van der Waals surface area contributed by atoms with Gasteiger partial charge in [-0.3, -0.25) is 0 Å². The van der Waals surface area contributed by atoms with Crippen LogP contribution in [0.5, 0.6) is 11.5 Å². The molecule has 0 unspecified atom stereocenters. The summed E-state index contributed by atoms with van der Waals surface area (Å²) in [4.78, 5) is 0. The molecule has 3 nitrogen and oxygen atoms in total. The van der Waals surface area contributed by atoms with E-state index in [1.807, 2.05) is 50.2 Å². The molecule has 0 amide bonds. The molecular formula is C18H21BClO3. The highest BCUT2D eigenvalue weighted by Crippen LogP contribution is 2.25. The third-order valence-electron chi connectivity index (χ3n) is 3.89. The SMILES string of the molecule is CC(C)(O)C(C)(C)O[B]c1ccc(Oc2ccc(Cl)cc2)cc1. The second kappa shape index (κ2) is 6.96. The van der Waals surface area contributed by atoms with Gasteiger partial charge in [0.25, 0.3) is 0 Å². The molecule has 2 aromatic carbocycles. The van der Waals surface area contributed by atoms with Crippen molar-refractivity contribution in [2.75, 3.05) is 0 Å². The molecule has 1 radical (unpaired) electrons. The first-order valence-corrected chi connectivity index (χ1v) is 7.82. The van der Waals surface area contributed by atoms with Crippen molar-refractivity contribution in [3.05, 3.63) is 53.6 Å². The van der Waals surface area contributed by atoms with Crippen LogP contribution in [-0.2, 0) is 4.65 Å². The summed E-state index contributed by atoms with van der Waals surface area (Å²) in [7, 11) is 1.64. The number of hydrogen-bond donors (Lipinski definition) is 1. The monoisotopic (exact) mass is 331 g/mol. The molecule has 0 saturated carbocycles. The number of benzene rings is 2. The number of halogens is 1. The van der Waals surface area contributed by atoms with Crippen LogP contribution >= 0.6 is 11.6 Å². The van der Waals surface area contributed by atoms with Crippen LogP contribution in [0.25, 0.3) is 0 Å². The van der Waals surface area contributed by atoms with Crippen LogP contribution in [0.1, 0.15) is 27.7 Å². The van der Waals surface area contributed by atoms with Crippen molar-refractivity contribution in [1.82, 2.24) is 0 Å². The molecule has 23 heavy (non-hydrogen) atoms. The summed E-state index contributed by atoms with van der Waals surface area (Å²) in [6.45, 7) is 7.15. The summed E-state index contributed by atoms with van der Waals surface area (Å²) in [5, 5.41) is 10.8. The van der Waals surface area contributed by atoms with Crippen molar-refractivity contribution in [3.8, 4) is 11.5 Å². The van der Waals surface area contributed by atoms with Gasteiger partial charge in [-0.05, 0) is 64.1 Å². The lowest BCUT2D eigenvalue weighted by Gasteiger charge is -2.37. The Morgan fingerprint density at radius 3 is 1.83 bits per heavy atom. The fraction of sp³-hybridized carbons (Fsp3) is 0.333. The minimum absolute atomic E-state index is 0.675. The number of rotatable bonds is 6. The standard InChI is InChI=1S/C18H21BClO3/c1-17(2,21)18(3,4)23-19-13-5-9-15(10-6-13)22-16-11-7-14(20)8-12-16/h5-12,21H,1-4H3. The van der Waals surface area contributed by atoms with Gasteiger partial charge in [0.05, 0.1) is 11.2 Å². The topological polar surface area (TPSA) is 38.7 Å². The van der Waals surface area contributed by atoms with Gasteiger partial charge in [-0.15, -0.1) is 0 Å². The molecule has 0 bridgehead atoms. The van der Waals surface area contributed by atoms with E-state index in [-0.39, 0.29) is 0 Å². The Morgan fingerprint density at radius 2 is 1.35 bits per heavy atom. The Morgan fingerprint density at radius 1 is 0.870 bits per heavy atom. The molecule has 0 fully saturated rings. The molecule has 0 aliphatic carbocycles. The molecule has 0 spiro atoms. The predicted octanol–water partition coefficient (Wildman–Crippen LogP) is 3.94. The van der Waals surface area contributed by atoms with E-state index in [0.717, 1.165) is 17.0 Å². The molecule has 0 aliphatic heterocycles. The second-order valence-electron chi connectivity index (χ2n) is 6.43. The number of hydrogen-bond acceptors (Lipinski definition) is 3. The van der Waals surface area contributed by atoms with Gasteiger partial charge in [-0.25, -0.2) is 0 Å². The molecule has 0 heterocycles. The first-order valence-electron chi connectivity index (χ1n) is 7.44. The Bertz CT molecular complexity index is 631. The maximum Gasteiger partial charge on any atom is 0.330 e. The zero-order chi connectivity index (χ0) is 17.1. The molecule has 0 atom stereocenters. The molecule has 121 valence electrons. The highest BCUT2D eigenvalue weighted by molar-refractivity contribution is 6.47. The van der Waals surface area contributed by atoms with Crippen LogP contribution in [0.2, 0.25) is 5.02 Å². The zero-order valence-corrected chi connectivity index (χ0v) is 14.6. The summed E-state index contributed by atoms with van der Waals surface area (Å²) >= 11 is 5.85. The van der Waals surface area contributed by atoms with Gasteiger partial charge < -0.3 is 14.5 Å². The van der Waals surface area contributed by atoms with Crippen LogP contribution in [0.3, 0.4) is 0 Å². The Balaban J connectivity index is 1.96. The lowest BCUT2D eigenvalue weighted by Crippen LogP contribution is -2.49. The average Bonchev–Trinajstić information content (AvgIpc) is 2.48. The molecule has 5 heteroatoms. The van der Waals surface area contributed by atoms with E-state index in [1.165, 1.54) is 0 Å². The van der Waals surface area contributed by atoms with Gasteiger partial charge in [0.1, 0.15) is 11.5 Å². The molecule has 2 aromatic rings. The largest absolute Gasteiger partial charge is 0.457 e. The van der Waals surface area contributed by atoms with Crippen LogP contribution in [0.15, 0.2) is 48.5 Å². The van der Waals surface area contributed by atoms with E-state index in [9.17, 15) is 5.11 Å². The Kier molecular flexibility index (Phi) is 5.40. The van der Waals surface area contributed by atoms with Gasteiger partial charge in [0.15, 0.2) is 0 Å². The van der Waals surface area contributed by atoms with E-state index >= 15 is 0 Å². The van der Waals surface area contributed by atoms with Crippen molar-refractivity contribution in [1.29, 1.82) is 0 Å². The average molecular weight is 332 g/mol. The minimum atomic E-state index is -0.943. The summed E-state index contributed by atoms with van der Waals surface area (Å²) in [5.41, 5.74) is -0.738. The van der Waals surface area contributed by atoms with Crippen molar-refractivity contribution < 1.29 is 14.5 Å². The zero-order valence-electron chi connectivity index (χ0n) is 13.8. The summed E-state index contributed by atoms with van der Waals surface area (Å²) in [5.74, 6) is 1.46. The van der Waals surface area contributed by atoms with E-state index < -0.39 is 11.2 Å².